The molecular formula is C27H23FN4O3. The highest BCUT2D eigenvalue weighted by Crippen LogP contribution is 2.57. The van der Waals surface area contributed by atoms with Gasteiger partial charge in [-0.1, -0.05) is 24.3 Å². The van der Waals surface area contributed by atoms with E-state index in [0.717, 1.165) is 5.56 Å². The molecule has 35 heavy (non-hydrogen) atoms. The fourth-order valence-electron chi connectivity index (χ4n) is 5.14. The normalized spacial score (nSPS) is 18.6. The highest BCUT2D eigenvalue weighted by Gasteiger charge is 2.62. The topological polar surface area (TPSA) is 96.7 Å². The van der Waals surface area contributed by atoms with Gasteiger partial charge in [-0.3, -0.25) is 4.79 Å². The SMILES string of the molecule is N#Cc1cccc(NC(=O)N2CCC3(CC2)C(=O)N(c2cccc(F)c2)C3c2ccc(O)cc2)c1. The largest absolute Gasteiger partial charge is 0.508 e. The number of hydrogen-bond donors (Lipinski definition) is 2. The molecule has 8 heteroatoms. The first kappa shape index (κ1) is 22.4. The van der Waals surface area contributed by atoms with Crippen LogP contribution < -0.4 is 10.2 Å². The zero-order valence-corrected chi connectivity index (χ0v) is 18.8. The summed E-state index contributed by atoms with van der Waals surface area (Å²) in [4.78, 5) is 29.7. The molecule has 3 aromatic rings. The Labute approximate surface area is 202 Å². The number of nitrogens with zero attached hydrogens (tertiary/aromatic N) is 3. The number of amides is 3. The summed E-state index contributed by atoms with van der Waals surface area (Å²) in [5.74, 6) is -0.395. The molecule has 1 unspecified atom stereocenters. The van der Waals surface area contributed by atoms with Crippen LogP contribution in [0.4, 0.5) is 20.6 Å². The summed E-state index contributed by atoms with van der Waals surface area (Å²) >= 11 is 0. The predicted molar refractivity (Wildman–Crippen MR) is 128 cm³/mol. The Morgan fingerprint density at radius 3 is 2.46 bits per heavy atom. The van der Waals surface area contributed by atoms with Gasteiger partial charge in [0.25, 0.3) is 0 Å². The van der Waals surface area contributed by atoms with E-state index < -0.39 is 11.2 Å². The van der Waals surface area contributed by atoms with Crippen molar-refractivity contribution in [1.29, 1.82) is 5.26 Å². The number of carbonyl (C=O) groups excluding carboxylic acids is 2. The Hall–Kier alpha value is -4.38. The molecule has 2 saturated heterocycles. The Balaban J connectivity index is 1.37. The standard InChI is InChI=1S/C27H23FN4O3/c28-20-4-2-6-22(16-20)32-24(19-7-9-23(33)10-8-19)27(25(32)34)11-13-31(14-12-27)26(35)30-21-5-1-3-18(15-21)17-29/h1-10,15-16,24,33H,11-14H2,(H,30,35). The number of piperidine rings is 1. The Morgan fingerprint density at radius 1 is 1.06 bits per heavy atom. The van der Waals surface area contributed by atoms with Crippen molar-refractivity contribution in [3.63, 3.8) is 0 Å². The van der Waals surface area contributed by atoms with Gasteiger partial charge in [0.2, 0.25) is 5.91 Å². The molecule has 2 aliphatic rings. The van der Waals surface area contributed by atoms with Crippen molar-refractivity contribution in [2.24, 2.45) is 5.41 Å². The summed E-state index contributed by atoms with van der Waals surface area (Å²) in [6.07, 6.45) is 0.906. The fourth-order valence-corrected chi connectivity index (χ4v) is 5.14. The van der Waals surface area contributed by atoms with Crippen molar-refractivity contribution in [3.05, 3.63) is 89.7 Å². The van der Waals surface area contributed by atoms with Gasteiger partial charge >= 0.3 is 6.03 Å². The maximum Gasteiger partial charge on any atom is 0.321 e. The molecule has 5 rings (SSSR count). The van der Waals surface area contributed by atoms with E-state index in [1.54, 1.807) is 70.5 Å². The lowest BCUT2D eigenvalue weighted by Gasteiger charge is -2.59. The average Bonchev–Trinajstić information content (AvgIpc) is 2.88. The third-order valence-electron chi connectivity index (χ3n) is 6.91. The van der Waals surface area contributed by atoms with Crippen LogP contribution in [-0.2, 0) is 4.79 Å². The van der Waals surface area contributed by atoms with Crippen molar-refractivity contribution in [1.82, 2.24) is 4.90 Å². The first-order valence-corrected chi connectivity index (χ1v) is 11.4. The minimum absolute atomic E-state index is 0.0945. The zero-order chi connectivity index (χ0) is 24.6. The van der Waals surface area contributed by atoms with Gasteiger partial charge in [0.1, 0.15) is 11.6 Å². The van der Waals surface area contributed by atoms with E-state index in [2.05, 4.69) is 5.32 Å². The number of aromatic hydroxyl groups is 1. The van der Waals surface area contributed by atoms with Crippen molar-refractivity contribution in [2.75, 3.05) is 23.3 Å². The zero-order valence-electron chi connectivity index (χ0n) is 18.8. The van der Waals surface area contributed by atoms with Crippen molar-refractivity contribution < 1.29 is 19.1 Å². The van der Waals surface area contributed by atoms with Gasteiger partial charge in [0.05, 0.1) is 23.1 Å². The van der Waals surface area contributed by atoms with Crippen LogP contribution in [-0.4, -0.2) is 35.0 Å². The molecule has 0 bridgehead atoms. The minimum atomic E-state index is -0.721. The van der Waals surface area contributed by atoms with Gasteiger partial charge < -0.3 is 20.2 Å². The van der Waals surface area contributed by atoms with Gasteiger partial charge in [0.15, 0.2) is 0 Å². The number of benzene rings is 3. The Kier molecular flexibility index (Phi) is 5.61. The van der Waals surface area contributed by atoms with E-state index in [9.17, 15) is 19.1 Å². The molecule has 176 valence electrons. The number of β-lactam (4-membered cyclic amide) rings is 1. The van der Waals surface area contributed by atoms with E-state index in [0.29, 0.717) is 42.9 Å². The summed E-state index contributed by atoms with van der Waals surface area (Å²) in [5.41, 5.74) is 1.60. The quantitative estimate of drug-likeness (QED) is 0.537. The molecule has 2 heterocycles. The summed E-state index contributed by atoms with van der Waals surface area (Å²) in [6, 6.07) is 20.8. The molecule has 1 atom stereocenters. The number of nitrogens with one attached hydrogen (secondary N) is 1. The smallest absolute Gasteiger partial charge is 0.321 e. The van der Waals surface area contributed by atoms with Gasteiger partial charge in [-0.2, -0.15) is 5.26 Å². The third-order valence-corrected chi connectivity index (χ3v) is 6.91. The van der Waals surface area contributed by atoms with Gasteiger partial charge in [-0.25, -0.2) is 9.18 Å². The van der Waals surface area contributed by atoms with Crippen molar-refractivity contribution in [2.45, 2.75) is 18.9 Å². The summed E-state index contributed by atoms with van der Waals surface area (Å²) < 4.78 is 14.0. The highest BCUT2D eigenvalue weighted by atomic mass is 19.1. The predicted octanol–water partition coefficient (Wildman–Crippen LogP) is 4.81. The van der Waals surface area contributed by atoms with E-state index in [4.69, 9.17) is 5.26 Å². The molecule has 0 radical (unpaired) electrons. The number of phenols is 1. The number of anilines is 2. The van der Waals surface area contributed by atoms with Crippen LogP contribution in [0, 0.1) is 22.6 Å². The summed E-state index contributed by atoms with van der Waals surface area (Å²) in [7, 11) is 0. The lowest BCUT2D eigenvalue weighted by atomic mass is 9.62. The van der Waals surface area contributed by atoms with E-state index in [1.165, 1.54) is 12.1 Å². The van der Waals surface area contributed by atoms with Crippen LogP contribution in [0.1, 0.15) is 30.0 Å². The lowest BCUT2D eigenvalue weighted by Crippen LogP contribution is -2.67. The third kappa shape index (κ3) is 3.95. The van der Waals surface area contributed by atoms with Gasteiger partial charge in [-0.15, -0.1) is 0 Å². The number of rotatable bonds is 3. The molecule has 0 aliphatic carbocycles. The molecule has 2 fully saturated rings. The van der Waals surface area contributed by atoms with Gasteiger partial charge in [-0.05, 0) is 66.9 Å². The number of phenolic OH excluding ortho intramolecular Hbond substituents is 1. The number of nitriles is 1. The average molecular weight is 471 g/mol. The molecule has 2 N–H and O–H groups in total. The van der Waals surface area contributed by atoms with Crippen molar-refractivity contribution >= 4 is 23.3 Å². The molecule has 2 aliphatic heterocycles. The summed E-state index contributed by atoms with van der Waals surface area (Å²) in [6.45, 7) is 0.752. The van der Waals surface area contributed by atoms with Crippen LogP contribution in [0.2, 0.25) is 0 Å². The second kappa shape index (κ2) is 8.76. The number of carbonyl (C=O) groups is 2. The number of halogens is 1. The number of hydrogen-bond acceptors (Lipinski definition) is 4. The van der Waals surface area contributed by atoms with E-state index in [1.807, 2.05) is 6.07 Å². The van der Waals surface area contributed by atoms with Gasteiger partial charge in [0, 0.05) is 24.5 Å². The Bertz CT molecular complexity index is 1330. The molecular weight excluding hydrogens is 447 g/mol. The minimum Gasteiger partial charge on any atom is -0.508 e. The molecule has 3 amide bonds. The monoisotopic (exact) mass is 470 g/mol. The van der Waals surface area contributed by atoms with E-state index >= 15 is 0 Å². The van der Waals surface area contributed by atoms with Crippen LogP contribution >= 0.6 is 0 Å². The molecule has 1 spiro atoms. The van der Waals surface area contributed by atoms with Crippen LogP contribution in [0.25, 0.3) is 0 Å². The molecule has 7 nitrogen and oxygen atoms in total. The maximum atomic E-state index is 14.0. The van der Waals surface area contributed by atoms with E-state index in [-0.39, 0.29) is 23.7 Å². The first-order chi connectivity index (χ1) is 16.9. The van der Waals surface area contributed by atoms with Crippen molar-refractivity contribution in [3.8, 4) is 11.8 Å². The molecule has 3 aromatic carbocycles. The molecule has 0 aromatic heterocycles. The Morgan fingerprint density at radius 2 is 1.77 bits per heavy atom. The second-order valence-electron chi connectivity index (χ2n) is 8.92. The molecule has 0 saturated carbocycles. The van der Waals surface area contributed by atoms with Crippen LogP contribution in [0.3, 0.4) is 0 Å². The first-order valence-electron chi connectivity index (χ1n) is 11.4. The highest BCUT2D eigenvalue weighted by molar-refractivity contribution is 6.06. The fraction of sp³-hybridized carbons (Fsp3) is 0.222. The maximum absolute atomic E-state index is 14.0. The van der Waals surface area contributed by atoms with Crippen LogP contribution in [0.15, 0.2) is 72.8 Å². The second-order valence-corrected chi connectivity index (χ2v) is 8.92. The van der Waals surface area contributed by atoms with Crippen LogP contribution in [0.5, 0.6) is 5.75 Å². The lowest BCUT2D eigenvalue weighted by molar-refractivity contribution is -0.144. The number of likely N-dealkylation sites (tertiary alicyclic amines) is 1. The number of urea groups is 1. The summed E-state index contributed by atoms with van der Waals surface area (Å²) in [5, 5.41) is 21.6.